The standard InChI is InChI=1S/C13H16N4S/c1-2-5-11(6-3-1)12-15-16-13(18-12)17-9-4-7-14-8-10-17/h1-3,5-6,14H,4,7-10H2. The highest BCUT2D eigenvalue weighted by molar-refractivity contribution is 7.18. The summed E-state index contributed by atoms with van der Waals surface area (Å²) in [4.78, 5) is 2.32. The number of benzene rings is 1. The Morgan fingerprint density at radius 2 is 1.94 bits per heavy atom. The zero-order chi connectivity index (χ0) is 12.2. The first-order valence-corrected chi connectivity index (χ1v) is 7.10. The van der Waals surface area contributed by atoms with E-state index in [9.17, 15) is 0 Å². The van der Waals surface area contributed by atoms with Crippen LogP contribution in [0.5, 0.6) is 0 Å². The third-order valence-corrected chi connectivity index (χ3v) is 4.08. The Bertz CT molecular complexity index is 489. The van der Waals surface area contributed by atoms with E-state index in [0.717, 1.165) is 41.9 Å². The highest BCUT2D eigenvalue weighted by Gasteiger charge is 2.14. The molecule has 5 heteroatoms. The first kappa shape index (κ1) is 11.6. The van der Waals surface area contributed by atoms with E-state index in [1.54, 1.807) is 11.3 Å². The fourth-order valence-corrected chi connectivity index (χ4v) is 2.98. The van der Waals surface area contributed by atoms with Crippen molar-refractivity contribution in [2.75, 3.05) is 31.1 Å². The molecule has 0 saturated carbocycles. The van der Waals surface area contributed by atoms with Crippen molar-refractivity contribution in [1.82, 2.24) is 15.5 Å². The predicted octanol–water partition coefficient (Wildman–Crippen LogP) is 2.00. The molecule has 2 heterocycles. The Kier molecular flexibility index (Phi) is 3.52. The third-order valence-electron chi connectivity index (χ3n) is 3.05. The van der Waals surface area contributed by atoms with Crippen LogP contribution in [-0.4, -0.2) is 36.4 Å². The maximum Gasteiger partial charge on any atom is 0.208 e. The fraction of sp³-hybridized carbons (Fsp3) is 0.385. The van der Waals surface area contributed by atoms with Crippen LogP contribution in [0.3, 0.4) is 0 Å². The van der Waals surface area contributed by atoms with Crippen molar-refractivity contribution < 1.29 is 0 Å². The van der Waals surface area contributed by atoms with Gasteiger partial charge >= 0.3 is 0 Å². The molecule has 0 unspecified atom stereocenters. The monoisotopic (exact) mass is 260 g/mol. The van der Waals surface area contributed by atoms with Gasteiger partial charge in [-0.2, -0.15) is 0 Å². The zero-order valence-electron chi connectivity index (χ0n) is 10.2. The third kappa shape index (κ3) is 2.52. The molecule has 3 rings (SSSR count). The van der Waals surface area contributed by atoms with E-state index in [-0.39, 0.29) is 0 Å². The molecule has 94 valence electrons. The van der Waals surface area contributed by atoms with E-state index < -0.39 is 0 Å². The van der Waals surface area contributed by atoms with Crippen molar-refractivity contribution in [3.8, 4) is 10.6 Å². The molecule has 0 spiro atoms. The number of rotatable bonds is 2. The van der Waals surface area contributed by atoms with E-state index in [2.05, 4.69) is 32.5 Å². The molecule has 1 aliphatic heterocycles. The van der Waals surface area contributed by atoms with Gasteiger partial charge < -0.3 is 10.2 Å². The lowest BCUT2D eigenvalue weighted by molar-refractivity contribution is 0.724. The summed E-state index contributed by atoms with van der Waals surface area (Å²) >= 11 is 1.68. The number of nitrogens with zero attached hydrogens (tertiary/aromatic N) is 3. The summed E-state index contributed by atoms with van der Waals surface area (Å²) in [6, 6.07) is 10.2. The van der Waals surface area contributed by atoms with Gasteiger partial charge in [-0.15, -0.1) is 10.2 Å². The molecule has 1 fully saturated rings. The van der Waals surface area contributed by atoms with Crippen molar-refractivity contribution in [1.29, 1.82) is 0 Å². The van der Waals surface area contributed by atoms with Gasteiger partial charge in [-0.1, -0.05) is 41.7 Å². The van der Waals surface area contributed by atoms with Gasteiger partial charge in [0.2, 0.25) is 5.13 Å². The van der Waals surface area contributed by atoms with Crippen molar-refractivity contribution in [2.24, 2.45) is 0 Å². The van der Waals surface area contributed by atoms with Gasteiger partial charge in [0.05, 0.1) is 0 Å². The van der Waals surface area contributed by atoms with Gasteiger partial charge in [0, 0.05) is 25.2 Å². The van der Waals surface area contributed by atoms with Crippen LogP contribution in [0.4, 0.5) is 5.13 Å². The average Bonchev–Trinajstić information content (AvgIpc) is 2.76. The molecule has 0 atom stereocenters. The largest absolute Gasteiger partial charge is 0.345 e. The zero-order valence-corrected chi connectivity index (χ0v) is 11.0. The summed E-state index contributed by atoms with van der Waals surface area (Å²) in [5.74, 6) is 0. The Balaban J connectivity index is 1.80. The Morgan fingerprint density at radius 1 is 1.06 bits per heavy atom. The van der Waals surface area contributed by atoms with Crippen LogP contribution in [0.15, 0.2) is 30.3 Å². The van der Waals surface area contributed by atoms with Gasteiger partial charge in [-0.3, -0.25) is 0 Å². The minimum Gasteiger partial charge on any atom is -0.345 e. The van der Waals surface area contributed by atoms with E-state index >= 15 is 0 Å². The predicted molar refractivity (Wildman–Crippen MR) is 75.0 cm³/mol. The Hall–Kier alpha value is -1.46. The van der Waals surface area contributed by atoms with Gasteiger partial charge in [0.15, 0.2) is 0 Å². The topological polar surface area (TPSA) is 41.1 Å². The molecular weight excluding hydrogens is 244 g/mol. The lowest BCUT2D eigenvalue weighted by Crippen LogP contribution is -2.27. The van der Waals surface area contributed by atoms with E-state index in [0.29, 0.717) is 0 Å². The van der Waals surface area contributed by atoms with Gasteiger partial charge in [-0.25, -0.2) is 0 Å². The Labute approximate surface area is 111 Å². The van der Waals surface area contributed by atoms with Crippen molar-refractivity contribution in [3.05, 3.63) is 30.3 Å². The molecular formula is C13H16N4S. The molecule has 2 aromatic rings. The van der Waals surface area contributed by atoms with Crippen molar-refractivity contribution in [2.45, 2.75) is 6.42 Å². The van der Waals surface area contributed by atoms with Gasteiger partial charge in [0.25, 0.3) is 0 Å². The first-order chi connectivity index (χ1) is 8.93. The van der Waals surface area contributed by atoms with Crippen molar-refractivity contribution >= 4 is 16.5 Å². The summed E-state index contributed by atoms with van der Waals surface area (Å²) in [5, 5.41) is 14.1. The van der Waals surface area contributed by atoms with Crippen LogP contribution in [0, 0.1) is 0 Å². The smallest absolute Gasteiger partial charge is 0.208 e. The summed E-state index contributed by atoms with van der Waals surface area (Å²) in [7, 11) is 0. The van der Waals surface area contributed by atoms with Crippen LogP contribution in [0.2, 0.25) is 0 Å². The highest BCUT2D eigenvalue weighted by atomic mass is 32.1. The molecule has 1 aromatic carbocycles. The molecule has 0 aliphatic carbocycles. The molecule has 0 radical (unpaired) electrons. The summed E-state index contributed by atoms with van der Waals surface area (Å²) < 4.78 is 0. The van der Waals surface area contributed by atoms with Crippen LogP contribution in [0.25, 0.3) is 10.6 Å². The number of aromatic nitrogens is 2. The SMILES string of the molecule is c1ccc(-c2nnc(N3CCCNCC3)s2)cc1. The number of anilines is 1. The number of nitrogens with one attached hydrogen (secondary N) is 1. The van der Waals surface area contributed by atoms with Gasteiger partial charge in [0.1, 0.15) is 5.01 Å². The molecule has 1 aromatic heterocycles. The second kappa shape index (κ2) is 5.46. The molecule has 0 bridgehead atoms. The Morgan fingerprint density at radius 3 is 2.83 bits per heavy atom. The van der Waals surface area contributed by atoms with E-state index in [4.69, 9.17) is 0 Å². The number of hydrogen-bond donors (Lipinski definition) is 1. The number of hydrogen-bond acceptors (Lipinski definition) is 5. The molecule has 1 N–H and O–H groups in total. The van der Waals surface area contributed by atoms with E-state index in [1.807, 2.05) is 18.2 Å². The average molecular weight is 260 g/mol. The summed E-state index contributed by atoms with van der Waals surface area (Å²) in [6.45, 7) is 4.21. The normalized spacial score (nSPS) is 16.6. The molecule has 0 amide bonds. The van der Waals surface area contributed by atoms with Crippen molar-refractivity contribution in [3.63, 3.8) is 0 Å². The van der Waals surface area contributed by atoms with Crippen LogP contribution >= 0.6 is 11.3 Å². The molecule has 1 aliphatic rings. The quantitative estimate of drug-likeness (QED) is 0.896. The minimum absolute atomic E-state index is 1.00. The molecule has 4 nitrogen and oxygen atoms in total. The highest BCUT2D eigenvalue weighted by Crippen LogP contribution is 2.28. The lowest BCUT2D eigenvalue weighted by Gasteiger charge is -2.17. The maximum absolute atomic E-state index is 4.32. The first-order valence-electron chi connectivity index (χ1n) is 6.28. The summed E-state index contributed by atoms with van der Waals surface area (Å²) in [5.41, 5.74) is 1.15. The fourth-order valence-electron chi connectivity index (χ4n) is 2.08. The van der Waals surface area contributed by atoms with Crippen LogP contribution < -0.4 is 10.2 Å². The summed E-state index contributed by atoms with van der Waals surface area (Å²) in [6.07, 6.45) is 1.17. The second-order valence-corrected chi connectivity index (χ2v) is 5.30. The molecule has 18 heavy (non-hydrogen) atoms. The van der Waals surface area contributed by atoms with Gasteiger partial charge in [-0.05, 0) is 13.0 Å². The molecule has 1 saturated heterocycles. The van der Waals surface area contributed by atoms with Crippen LogP contribution in [-0.2, 0) is 0 Å². The van der Waals surface area contributed by atoms with E-state index in [1.165, 1.54) is 6.42 Å². The lowest BCUT2D eigenvalue weighted by atomic mass is 10.2. The second-order valence-electron chi connectivity index (χ2n) is 4.35. The van der Waals surface area contributed by atoms with Crippen LogP contribution in [0.1, 0.15) is 6.42 Å². The maximum atomic E-state index is 4.32. The minimum atomic E-state index is 1.00.